The van der Waals surface area contributed by atoms with Gasteiger partial charge < -0.3 is 10.6 Å². The van der Waals surface area contributed by atoms with Crippen LogP contribution >= 0.6 is 0 Å². The van der Waals surface area contributed by atoms with Crippen LogP contribution in [0, 0.1) is 0 Å². The molecule has 0 radical (unpaired) electrons. The fraction of sp³-hybridized carbons (Fsp3) is 0.786. The Morgan fingerprint density at radius 1 is 1.55 bits per heavy atom. The lowest BCUT2D eigenvalue weighted by molar-refractivity contribution is 0.0933. The van der Waals surface area contributed by atoms with Gasteiger partial charge in [0, 0.05) is 6.04 Å². The van der Waals surface area contributed by atoms with E-state index >= 15 is 0 Å². The maximum atomic E-state index is 12.1. The molecule has 1 aromatic rings. The minimum Gasteiger partial charge on any atom is -0.348 e. The Morgan fingerprint density at radius 2 is 2.30 bits per heavy atom. The summed E-state index contributed by atoms with van der Waals surface area (Å²) in [5.41, 5.74) is 0.423. The number of piperidine rings is 1. The first-order valence-corrected chi connectivity index (χ1v) is 7.64. The second-order valence-corrected chi connectivity index (χ2v) is 5.58. The molecule has 1 unspecified atom stereocenters. The van der Waals surface area contributed by atoms with E-state index in [0.717, 1.165) is 45.2 Å². The van der Waals surface area contributed by atoms with Crippen molar-refractivity contribution in [1.82, 2.24) is 25.6 Å². The van der Waals surface area contributed by atoms with Crippen LogP contribution in [0.15, 0.2) is 6.20 Å². The minimum atomic E-state index is -0.117. The van der Waals surface area contributed by atoms with E-state index in [2.05, 4.69) is 27.9 Å². The van der Waals surface area contributed by atoms with Gasteiger partial charge >= 0.3 is 0 Å². The third-order valence-electron chi connectivity index (χ3n) is 3.79. The van der Waals surface area contributed by atoms with Gasteiger partial charge in [0.05, 0.1) is 12.2 Å². The number of hydrogen-bond acceptors (Lipinski definition) is 4. The lowest BCUT2D eigenvalue weighted by Gasteiger charge is -2.22. The first-order valence-electron chi connectivity index (χ1n) is 7.64. The van der Waals surface area contributed by atoms with Crippen molar-refractivity contribution < 1.29 is 4.79 Å². The fourth-order valence-electron chi connectivity index (χ4n) is 2.51. The van der Waals surface area contributed by atoms with E-state index in [4.69, 9.17) is 0 Å². The smallest absolute Gasteiger partial charge is 0.273 e. The van der Waals surface area contributed by atoms with Crippen LogP contribution in [0.3, 0.4) is 0 Å². The monoisotopic (exact) mass is 279 g/mol. The van der Waals surface area contributed by atoms with E-state index in [-0.39, 0.29) is 11.9 Å². The highest BCUT2D eigenvalue weighted by atomic mass is 16.2. The van der Waals surface area contributed by atoms with Crippen LogP contribution in [0.25, 0.3) is 0 Å². The predicted molar refractivity (Wildman–Crippen MR) is 77.6 cm³/mol. The van der Waals surface area contributed by atoms with E-state index in [1.165, 1.54) is 0 Å². The molecule has 6 heteroatoms. The second kappa shape index (κ2) is 7.38. The molecule has 2 heterocycles. The van der Waals surface area contributed by atoms with Gasteiger partial charge in [-0.25, -0.2) is 4.68 Å². The molecule has 1 atom stereocenters. The topological polar surface area (TPSA) is 71.8 Å². The molecule has 2 rings (SSSR count). The van der Waals surface area contributed by atoms with Crippen molar-refractivity contribution in [2.75, 3.05) is 13.1 Å². The average Bonchev–Trinajstić information content (AvgIpc) is 2.96. The van der Waals surface area contributed by atoms with Gasteiger partial charge in [-0.2, -0.15) is 0 Å². The molecule has 0 aliphatic carbocycles. The maximum absolute atomic E-state index is 12.1. The molecule has 1 saturated heterocycles. The Bertz CT molecular complexity index is 425. The van der Waals surface area contributed by atoms with E-state index in [1.807, 2.05) is 11.6 Å². The number of nitrogens with one attached hydrogen (secondary N) is 2. The number of rotatable bonds is 6. The highest BCUT2D eigenvalue weighted by Gasteiger charge is 2.19. The lowest BCUT2D eigenvalue weighted by atomic mass is 10.1. The summed E-state index contributed by atoms with van der Waals surface area (Å²) in [6.07, 6.45) is 7.13. The molecule has 2 N–H and O–H groups in total. The van der Waals surface area contributed by atoms with Crippen molar-refractivity contribution in [3.63, 3.8) is 0 Å². The largest absolute Gasteiger partial charge is 0.348 e. The molecule has 0 bridgehead atoms. The molecule has 20 heavy (non-hydrogen) atoms. The zero-order valence-corrected chi connectivity index (χ0v) is 12.4. The van der Waals surface area contributed by atoms with Crippen LogP contribution in [-0.4, -0.2) is 40.0 Å². The van der Waals surface area contributed by atoms with Crippen LogP contribution in [0.2, 0.25) is 0 Å². The number of unbranched alkanes of at least 4 members (excludes halogenated alkanes) is 1. The zero-order valence-electron chi connectivity index (χ0n) is 12.4. The van der Waals surface area contributed by atoms with Crippen molar-refractivity contribution in [3.8, 4) is 0 Å². The van der Waals surface area contributed by atoms with Crippen LogP contribution in [0.5, 0.6) is 0 Å². The van der Waals surface area contributed by atoms with Crippen molar-refractivity contribution in [2.24, 2.45) is 0 Å². The Labute approximate surface area is 120 Å². The fourth-order valence-corrected chi connectivity index (χ4v) is 2.51. The van der Waals surface area contributed by atoms with Gasteiger partial charge in [0.15, 0.2) is 5.69 Å². The van der Waals surface area contributed by atoms with Crippen molar-refractivity contribution in [3.05, 3.63) is 11.9 Å². The van der Waals surface area contributed by atoms with Gasteiger partial charge in [-0.05, 0) is 39.3 Å². The number of hydrogen-bond donors (Lipinski definition) is 2. The SMILES string of the molecule is CCCCC(C)NC(=O)c1cn(C2CCNCC2)nn1. The van der Waals surface area contributed by atoms with E-state index in [9.17, 15) is 4.79 Å². The van der Waals surface area contributed by atoms with Crippen molar-refractivity contribution in [2.45, 2.75) is 58.0 Å². The molecule has 1 aliphatic rings. The highest BCUT2D eigenvalue weighted by molar-refractivity contribution is 5.92. The summed E-state index contributed by atoms with van der Waals surface area (Å²) in [5, 5.41) is 14.4. The number of amides is 1. The predicted octanol–water partition coefficient (Wildman–Crippen LogP) is 1.51. The number of carbonyl (C=O) groups is 1. The van der Waals surface area contributed by atoms with Gasteiger partial charge in [0.25, 0.3) is 5.91 Å². The zero-order chi connectivity index (χ0) is 14.4. The summed E-state index contributed by atoms with van der Waals surface area (Å²) in [6.45, 7) is 6.18. The molecule has 6 nitrogen and oxygen atoms in total. The molecule has 1 fully saturated rings. The van der Waals surface area contributed by atoms with Crippen LogP contribution < -0.4 is 10.6 Å². The second-order valence-electron chi connectivity index (χ2n) is 5.58. The van der Waals surface area contributed by atoms with Gasteiger partial charge in [-0.1, -0.05) is 25.0 Å². The van der Waals surface area contributed by atoms with Crippen LogP contribution in [0.1, 0.15) is 62.5 Å². The number of carbonyl (C=O) groups excluding carboxylic acids is 1. The van der Waals surface area contributed by atoms with Gasteiger partial charge in [0.2, 0.25) is 0 Å². The van der Waals surface area contributed by atoms with Crippen molar-refractivity contribution >= 4 is 5.91 Å². The Balaban J connectivity index is 1.88. The van der Waals surface area contributed by atoms with Crippen LogP contribution in [-0.2, 0) is 0 Å². The molecule has 1 aliphatic heterocycles. The molecule has 112 valence electrons. The molecular weight excluding hydrogens is 254 g/mol. The maximum Gasteiger partial charge on any atom is 0.273 e. The molecular formula is C14H25N5O. The Morgan fingerprint density at radius 3 is 3.00 bits per heavy atom. The first kappa shape index (κ1) is 15.0. The summed E-state index contributed by atoms with van der Waals surface area (Å²) in [6, 6.07) is 0.550. The third-order valence-corrected chi connectivity index (χ3v) is 3.79. The Kier molecular flexibility index (Phi) is 5.52. The summed E-state index contributed by atoms with van der Waals surface area (Å²) in [7, 11) is 0. The van der Waals surface area contributed by atoms with Gasteiger partial charge in [-0.15, -0.1) is 5.10 Å². The normalized spacial score (nSPS) is 17.9. The molecule has 1 aromatic heterocycles. The van der Waals surface area contributed by atoms with Gasteiger partial charge in [-0.3, -0.25) is 4.79 Å². The number of nitrogens with zero attached hydrogens (tertiary/aromatic N) is 3. The van der Waals surface area contributed by atoms with Gasteiger partial charge in [0.1, 0.15) is 0 Å². The molecule has 0 saturated carbocycles. The third kappa shape index (κ3) is 4.03. The van der Waals surface area contributed by atoms with E-state index in [0.29, 0.717) is 11.7 Å². The quantitative estimate of drug-likeness (QED) is 0.828. The minimum absolute atomic E-state index is 0.117. The van der Waals surface area contributed by atoms with E-state index < -0.39 is 0 Å². The summed E-state index contributed by atoms with van der Waals surface area (Å²) in [4.78, 5) is 12.1. The van der Waals surface area contributed by atoms with E-state index in [1.54, 1.807) is 6.20 Å². The highest BCUT2D eigenvalue weighted by Crippen LogP contribution is 2.17. The van der Waals surface area contributed by atoms with Crippen LogP contribution in [0.4, 0.5) is 0 Å². The molecule has 0 spiro atoms. The first-order chi connectivity index (χ1) is 9.70. The summed E-state index contributed by atoms with van der Waals surface area (Å²) < 4.78 is 1.84. The average molecular weight is 279 g/mol. The standard InChI is InChI=1S/C14H25N5O/c1-3-4-5-11(2)16-14(20)13-10-19(18-17-13)12-6-8-15-9-7-12/h10-12,15H,3-9H2,1-2H3,(H,16,20). The van der Waals surface area contributed by atoms with Crippen molar-refractivity contribution in [1.29, 1.82) is 0 Å². The summed E-state index contributed by atoms with van der Waals surface area (Å²) >= 11 is 0. The lowest BCUT2D eigenvalue weighted by Crippen LogP contribution is -2.32. The summed E-state index contributed by atoms with van der Waals surface area (Å²) in [5.74, 6) is -0.117. The Hall–Kier alpha value is -1.43. The number of aromatic nitrogens is 3. The molecule has 0 aromatic carbocycles. The molecule has 1 amide bonds.